The fourth-order valence-electron chi connectivity index (χ4n) is 2.22. The minimum Gasteiger partial charge on any atom is -0.496 e. The number of ketones is 1. The summed E-state index contributed by atoms with van der Waals surface area (Å²) in [6.07, 6.45) is 0. The Balaban J connectivity index is 2.61. The molecular weight excluding hydrogens is 322 g/mol. The van der Waals surface area contributed by atoms with E-state index in [1.807, 2.05) is 0 Å². The van der Waals surface area contributed by atoms with E-state index in [-0.39, 0.29) is 34.1 Å². The number of methoxy groups -OCH3 is 4. The van der Waals surface area contributed by atoms with Crippen LogP contribution >= 0.6 is 0 Å². The third kappa shape index (κ3) is 3.10. The zero-order valence-electron chi connectivity index (χ0n) is 13.6. The normalized spacial score (nSPS) is 10.2. The molecule has 2 rings (SSSR count). The molecule has 0 spiro atoms. The van der Waals surface area contributed by atoms with E-state index in [9.17, 15) is 13.6 Å². The monoisotopic (exact) mass is 338 g/mol. The van der Waals surface area contributed by atoms with Crippen LogP contribution in [0.5, 0.6) is 23.0 Å². The first-order chi connectivity index (χ1) is 11.5. The highest BCUT2D eigenvalue weighted by Crippen LogP contribution is 2.34. The second-order valence-corrected chi connectivity index (χ2v) is 4.70. The number of rotatable bonds is 6. The number of hydrogen-bond acceptors (Lipinski definition) is 5. The highest BCUT2D eigenvalue weighted by atomic mass is 19.1. The molecule has 0 bridgehead atoms. The Kier molecular flexibility index (Phi) is 5.23. The maximum Gasteiger partial charge on any atom is 0.200 e. The van der Waals surface area contributed by atoms with Crippen molar-refractivity contribution in [2.45, 2.75) is 0 Å². The van der Waals surface area contributed by atoms with E-state index in [4.69, 9.17) is 18.9 Å². The Bertz CT molecular complexity index is 711. The van der Waals surface area contributed by atoms with Gasteiger partial charge in [0.1, 0.15) is 11.5 Å². The Morgan fingerprint density at radius 2 is 1.00 bits per heavy atom. The number of carbonyl (C=O) groups is 1. The van der Waals surface area contributed by atoms with Crippen LogP contribution in [0.25, 0.3) is 0 Å². The molecule has 0 heterocycles. The van der Waals surface area contributed by atoms with Crippen LogP contribution in [0.1, 0.15) is 15.9 Å². The maximum atomic E-state index is 14.0. The molecule has 0 fully saturated rings. The van der Waals surface area contributed by atoms with Gasteiger partial charge in [0.25, 0.3) is 0 Å². The number of ether oxygens (including phenoxy) is 4. The lowest BCUT2D eigenvalue weighted by Crippen LogP contribution is -2.08. The second-order valence-electron chi connectivity index (χ2n) is 4.70. The molecule has 2 aromatic carbocycles. The zero-order chi connectivity index (χ0) is 17.9. The summed E-state index contributed by atoms with van der Waals surface area (Å²) < 4.78 is 47.9. The Hall–Kier alpha value is -2.83. The van der Waals surface area contributed by atoms with E-state index in [0.717, 1.165) is 12.1 Å². The van der Waals surface area contributed by atoms with Gasteiger partial charge in [-0.15, -0.1) is 0 Å². The van der Waals surface area contributed by atoms with Gasteiger partial charge in [0, 0.05) is 12.1 Å². The van der Waals surface area contributed by atoms with Crippen molar-refractivity contribution >= 4 is 5.78 Å². The van der Waals surface area contributed by atoms with Gasteiger partial charge < -0.3 is 18.9 Å². The van der Waals surface area contributed by atoms with Crippen LogP contribution in [0.4, 0.5) is 8.78 Å². The van der Waals surface area contributed by atoms with Crippen molar-refractivity contribution < 1.29 is 32.5 Å². The van der Waals surface area contributed by atoms with Gasteiger partial charge >= 0.3 is 0 Å². The standard InChI is InChI=1S/C17H16F2O5/c1-21-13-7-15(23-3)11(18)5-9(13)17(20)10-6-12(19)16(24-4)8-14(10)22-2/h5-8H,1-4H3. The minimum absolute atomic E-state index is 0.0729. The first-order valence-corrected chi connectivity index (χ1v) is 6.84. The summed E-state index contributed by atoms with van der Waals surface area (Å²) in [6, 6.07) is 4.44. The molecule has 0 amide bonds. The van der Waals surface area contributed by atoms with Crippen molar-refractivity contribution in [3.63, 3.8) is 0 Å². The topological polar surface area (TPSA) is 54.0 Å². The Morgan fingerprint density at radius 1 is 0.667 bits per heavy atom. The van der Waals surface area contributed by atoms with Crippen molar-refractivity contribution in [2.24, 2.45) is 0 Å². The highest BCUT2D eigenvalue weighted by molar-refractivity contribution is 6.12. The summed E-state index contributed by atoms with van der Waals surface area (Å²) in [7, 11) is 5.24. The number of benzene rings is 2. The van der Waals surface area contributed by atoms with Crippen molar-refractivity contribution in [3.8, 4) is 23.0 Å². The predicted molar refractivity (Wildman–Crippen MR) is 82.4 cm³/mol. The van der Waals surface area contributed by atoms with E-state index in [0.29, 0.717) is 0 Å². The van der Waals surface area contributed by atoms with Gasteiger partial charge in [-0.2, -0.15) is 0 Å². The van der Waals surface area contributed by atoms with Gasteiger partial charge in [-0.1, -0.05) is 0 Å². The molecule has 0 N–H and O–H groups in total. The predicted octanol–water partition coefficient (Wildman–Crippen LogP) is 3.23. The van der Waals surface area contributed by atoms with Crippen molar-refractivity contribution in [2.75, 3.05) is 28.4 Å². The molecule has 0 saturated heterocycles. The molecule has 0 unspecified atom stereocenters. The van der Waals surface area contributed by atoms with Gasteiger partial charge in [-0.05, 0) is 12.1 Å². The van der Waals surface area contributed by atoms with Gasteiger partial charge in [0.2, 0.25) is 5.78 Å². The summed E-state index contributed by atoms with van der Waals surface area (Å²) in [4.78, 5) is 12.7. The first kappa shape index (κ1) is 17.5. The lowest BCUT2D eigenvalue weighted by molar-refractivity contribution is 0.103. The summed E-state index contributed by atoms with van der Waals surface area (Å²) in [6.45, 7) is 0. The average molecular weight is 338 g/mol. The zero-order valence-corrected chi connectivity index (χ0v) is 13.6. The van der Waals surface area contributed by atoms with E-state index < -0.39 is 17.4 Å². The van der Waals surface area contributed by atoms with E-state index in [2.05, 4.69) is 0 Å². The van der Waals surface area contributed by atoms with Crippen LogP contribution in [0.3, 0.4) is 0 Å². The molecule has 0 aromatic heterocycles. The number of hydrogen-bond donors (Lipinski definition) is 0. The molecule has 0 radical (unpaired) electrons. The van der Waals surface area contributed by atoms with Crippen LogP contribution in [-0.4, -0.2) is 34.2 Å². The molecule has 0 saturated carbocycles. The summed E-state index contributed by atoms with van der Waals surface area (Å²) in [5, 5.41) is 0. The molecule has 0 aliphatic carbocycles. The van der Waals surface area contributed by atoms with E-state index >= 15 is 0 Å². The van der Waals surface area contributed by atoms with Gasteiger partial charge in [0.15, 0.2) is 23.1 Å². The first-order valence-electron chi connectivity index (χ1n) is 6.84. The average Bonchev–Trinajstić information content (AvgIpc) is 2.60. The molecule has 24 heavy (non-hydrogen) atoms. The summed E-state index contributed by atoms with van der Waals surface area (Å²) in [5.41, 5.74) is -0.169. The Labute approximate surface area is 137 Å². The third-order valence-corrected chi connectivity index (χ3v) is 3.44. The molecule has 0 aliphatic heterocycles. The van der Waals surface area contributed by atoms with E-state index in [1.54, 1.807) is 0 Å². The van der Waals surface area contributed by atoms with Crippen LogP contribution < -0.4 is 18.9 Å². The third-order valence-electron chi connectivity index (χ3n) is 3.44. The maximum absolute atomic E-state index is 14.0. The second kappa shape index (κ2) is 7.16. The fourth-order valence-corrected chi connectivity index (χ4v) is 2.22. The fraction of sp³-hybridized carbons (Fsp3) is 0.235. The number of carbonyl (C=O) groups excluding carboxylic acids is 1. The highest BCUT2D eigenvalue weighted by Gasteiger charge is 2.23. The lowest BCUT2D eigenvalue weighted by Gasteiger charge is -2.13. The molecule has 2 aromatic rings. The Morgan fingerprint density at radius 3 is 1.29 bits per heavy atom. The summed E-state index contributed by atoms with van der Waals surface area (Å²) in [5.74, 6) is -2.10. The SMILES string of the molecule is COc1cc(OC)c(C(=O)c2cc(F)c(OC)cc2OC)cc1F. The molecular formula is C17H16F2O5. The summed E-state index contributed by atoms with van der Waals surface area (Å²) >= 11 is 0. The van der Waals surface area contributed by atoms with Crippen LogP contribution in [0.15, 0.2) is 24.3 Å². The van der Waals surface area contributed by atoms with Gasteiger partial charge in [-0.25, -0.2) is 8.78 Å². The smallest absolute Gasteiger partial charge is 0.200 e. The molecule has 0 aliphatic rings. The quantitative estimate of drug-likeness (QED) is 0.757. The molecule has 0 atom stereocenters. The minimum atomic E-state index is -0.741. The molecule has 128 valence electrons. The molecule has 7 heteroatoms. The molecule has 5 nitrogen and oxygen atoms in total. The largest absolute Gasteiger partial charge is 0.496 e. The van der Waals surface area contributed by atoms with Crippen LogP contribution in [0, 0.1) is 11.6 Å². The van der Waals surface area contributed by atoms with Gasteiger partial charge in [-0.3, -0.25) is 4.79 Å². The van der Waals surface area contributed by atoms with Crippen molar-refractivity contribution in [3.05, 3.63) is 47.0 Å². The number of halogens is 2. The van der Waals surface area contributed by atoms with E-state index in [1.165, 1.54) is 40.6 Å². The van der Waals surface area contributed by atoms with Crippen LogP contribution in [0.2, 0.25) is 0 Å². The van der Waals surface area contributed by atoms with Gasteiger partial charge in [0.05, 0.1) is 39.6 Å². The lowest BCUT2D eigenvalue weighted by atomic mass is 10.0. The van der Waals surface area contributed by atoms with Crippen molar-refractivity contribution in [1.29, 1.82) is 0 Å². The van der Waals surface area contributed by atoms with Crippen molar-refractivity contribution in [1.82, 2.24) is 0 Å². The van der Waals surface area contributed by atoms with Crippen LogP contribution in [-0.2, 0) is 0 Å².